The Kier molecular flexibility index (Phi) is 5.30. The van der Waals surface area contributed by atoms with Crippen LogP contribution in [0.2, 0.25) is 0 Å². The van der Waals surface area contributed by atoms with Crippen molar-refractivity contribution in [3.63, 3.8) is 0 Å². The molecule has 0 bridgehead atoms. The Bertz CT molecular complexity index is 519. The van der Waals surface area contributed by atoms with Crippen molar-refractivity contribution in [1.82, 2.24) is 9.62 Å². The van der Waals surface area contributed by atoms with Crippen LogP contribution in [0, 0.1) is 0 Å². The van der Waals surface area contributed by atoms with Crippen LogP contribution in [0.3, 0.4) is 0 Å². The fraction of sp³-hybridized carbons (Fsp3) is 0.500. The van der Waals surface area contributed by atoms with Gasteiger partial charge in [-0.15, -0.1) is 0 Å². The normalized spacial score (nSPS) is 23.7. The van der Waals surface area contributed by atoms with E-state index in [4.69, 9.17) is 0 Å². The van der Waals surface area contributed by atoms with Crippen LogP contribution in [-0.2, 0) is 16.1 Å². The Morgan fingerprint density at radius 2 is 2.05 bits per heavy atom. The predicted molar refractivity (Wildman–Crippen MR) is 79.1 cm³/mol. The molecule has 1 amide bonds. The van der Waals surface area contributed by atoms with Crippen molar-refractivity contribution < 1.29 is 13.6 Å². The molecule has 0 aromatic rings. The van der Waals surface area contributed by atoms with Gasteiger partial charge in [0.05, 0.1) is 11.2 Å². The maximum absolute atomic E-state index is 11.6. The highest BCUT2D eigenvalue weighted by Gasteiger charge is 2.37. The first-order valence-corrected chi connectivity index (χ1v) is 7.47. The minimum atomic E-state index is -2.39. The van der Waals surface area contributed by atoms with Gasteiger partial charge >= 0.3 is 0 Å². The minimum absolute atomic E-state index is 0.143. The van der Waals surface area contributed by atoms with Crippen molar-refractivity contribution >= 4 is 17.2 Å². The molecular formula is C14H21N2O3S-. The maximum atomic E-state index is 11.6. The van der Waals surface area contributed by atoms with Gasteiger partial charge in [0, 0.05) is 24.7 Å². The lowest BCUT2D eigenvalue weighted by Gasteiger charge is -2.47. The number of nitrogens with one attached hydrogen (secondary N) is 1. The van der Waals surface area contributed by atoms with E-state index in [-0.39, 0.29) is 5.91 Å². The zero-order valence-electron chi connectivity index (χ0n) is 12.5. The average Bonchev–Trinajstić information content (AvgIpc) is 2.34. The first kappa shape index (κ1) is 16.7. The molecule has 0 fully saturated rings. The summed E-state index contributed by atoms with van der Waals surface area (Å²) in [6.07, 6.45) is 5.57. The second-order valence-corrected chi connectivity index (χ2v) is 5.87. The zero-order chi connectivity index (χ0) is 15.5. The van der Waals surface area contributed by atoms with Gasteiger partial charge in [-0.25, -0.2) is 0 Å². The zero-order valence-corrected chi connectivity index (χ0v) is 13.3. The summed E-state index contributed by atoms with van der Waals surface area (Å²) < 4.78 is 24.6. The molecule has 112 valence electrons. The van der Waals surface area contributed by atoms with Gasteiger partial charge in [0.2, 0.25) is 5.91 Å². The molecule has 20 heavy (non-hydrogen) atoms. The molecule has 0 aromatic heterocycles. The number of hydrogen-bond donors (Lipinski definition) is 1. The van der Waals surface area contributed by atoms with E-state index in [2.05, 4.69) is 5.32 Å². The van der Waals surface area contributed by atoms with E-state index in [1.54, 1.807) is 13.0 Å². The van der Waals surface area contributed by atoms with Gasteiger partial charge in [-0.1, -0.05) is 12.2 Å². The third-order valence-corrected chi connectivity index (χ3v) is 4.35. The topological polar surface area (TPSA) is 72.5 Å². The van der Waals surface area contributed by atoms with Crippen molar-refractivity contribution in [2.45, 2.75) is 40.2 Å². The van der Waals surface area contributed by atoms with E-state index < -0.39 is 16.8 Å². The smallest absolute Gasteiger partial charge is 0.217 e. The molecule has 0 aliphatic carbocycles. The Labute approximate surface area is 122 Å². The quantitative estimate of drug-likeness (QED) is 0.807. The summed E-state index contributed by atoms with van der Waals surface area (Å²) in [4.78, 5) is 11.1. The number of rotatable bonds is 3. The molecule has 0 saturated heterocycles. The molecule has 1 N–H and O–H groups in total. The number of nitrogens with zero attached hydrogens (tertiary/aromatic N) is 1. The number of amides is 1. The molecule has 5 nitrogen and oxygen atoms in total. The van der Waals surface area contributed by atoms with Crippen LogP contribution in [-0.4, -0.2) is 31.1 Å². The van der Waals surface area contributed by atoms with Crippen LogP contribution in [0.15, 0.2) is 35.1 Å². The Hall–Kier alpha value is -1.40. The van der Waals surface area contributed by atoms with Crippen LogP contribution in [0.1, 0.15) is 34.6 Å². The lowest BCUT2D eigenvalue weighted by atomic mass is 9.86. The lowest BCUT2D eigenvalue weighted by Crippen LogP contribution is -2.50. The lowest BCUT2D eigenvalue weighted by molar-refractivity contribution is -0.118. The predicted octanol–water partition coefficient (Wildman–Crippen LogP) is 1.79. The number of carbonyl (C=O) groups is 1. The SMILES string of the molecule is C/C=C1/C=C(CNC(C)=O)C(C)(C)N(S(=O)[O-])/C1=C/C. The highest BCUT2D eigenvalue weighted by atomic mass is 32.2. The monoisotopic (exact) mass is 297 g/mol. The molecule has 1 unspecified atom stereocenters. The molecule has 6 heteroatoms. The first-order chi connectivity index (χ1) is 9.25. The fourth-order valence-electron chi connectivity index (χ4n) is 2.26. The first-order valence-electron chi connectivity index (χ1n) is 6.43. The van der Waals surface area contributed by atoms with Crippen molar-refractivity contribution in [3.05, 3.63) is 35.1 Å². The Morgan fingerprint density at radius 1 is 1.45 bits per heavy atom. The number of carbonyl (C=O) groups excluding carboxylic acids is 1. The molecule has 0 aromatic carbocycles. The van der Waals surface area contributed by atoms with Gasteiger partial charge in [0.25, 0.3) is 0 Å². The Balaban J connectivity index is 3.33. The molecule has 0 spiro atoms. The van der Waals surface area contributed by atoms with Crippen molar-refractivity contribution in [2.24, 2.45) is 0 Å². The highest BCUT2D eigenvalue weighted by molar-refractivity contribution is 7.76. The van der Waals surface area contributed by atoms with Crippen molar-refractivity contribution in [2.75, 3.05) is 6.54 Å². The van der Waals surface area contributed by atoms with E-state index in [1.807, 2.05) is 32.9 Å². The van der Waals surface area contributed by atoms with E-state index in [1.165, 1.54) is 11.2 Å². The van der Waals surface area contributed by atoms with Gasteiger partial charge in [-0.05, 0) is 44.9 Å². The van der Waals surface area contributed by atoms with E-state index >= 15 is 0 Å². The largest absolute Gasteiger partial charge is 0.755 e. The van der Waals surface area contributed by atoms with Crippen LogP contribution >= 0.6 is 0 Å². The molecule has 1 rings (SSSR count). The summed E-state index contributed by atoms with van der Waals surface area (Å²) >= 11 is -2.39. The van der Waals surface area contributed by atoms with Crippen LogP contribution in [0.25, 0.3) is 0 Å². The maximum Gasteiger partial charge on any atom is 0.217 e. The number of allylic oxidation sites excluding steroid dienone is 3. The summed E-state index contributed by atoms with van der Waals surface area (Å²) in [5.41, 5.74) is 1.60. The summed E-state index contributed by atoms with van der Waals surface area (Å²) in [7, 11) is 0. The van der Waals surface area contributed by atoms with Crippen LogP contribution < -0.4 is 5.32 Å². The molecule has 1 aliphatic rings. The second-order valence-electron chi connectivity index (χ2n) is 5.07. The minimum Gasteiger partial charge on any atom is -0.755 e. The van der Waals surface area contributed by atoms with Crippen molar-refractivity contribution in [1.29, 1.82) is 0 Å². The summed E-state index contributed by atoms with van der Waals surface area (Å²) in [6, 6.07) is 0. The summed E-state index contributed by atoms with van der Waals surface area (Å²) in [5.74, 6) is -0.143. The summed E-state index contributed by atoms with van der Waals surface area (Å²) in [5, 5.41) is 2.73. The number of hydrogen-bond acceptors (Lipinski definition) is 3. The average molecular weight is 297 g/mol. The third-order valence-electron chi connectivity index (χ3n) is 3.40. The van der Waals surface area contributed by atoms with E-state index in [0.29, 0.717) is 12.2 Å². The van der Waals surface area contributed by atoms with Gasteiger partial charge in [-0.2, -0.15) is 0 Å². The molecule has 1 heterocycles. The Morgan fingerprint density at radius 3 is 2.45 bits per heavy atom. The summed E-state index contributed by atoms with van der Waals surface area (Å²) in [6.45, 7) is 9.08. The molecule has 1 atom stereocenters. The van der Waals surface area contributed by atoms with Gasteiger partial charge in [-0.3, -0.25) is 13.3 Å². The van der Waals surface area contributed by atoms with E-state index in [9.17, 15) is 13.6 Å². The van der Waals surface area contributed by atoms with Gasteiger partial charge in [0.1, 0.15) is 0 Å². The fourth-order valence-corrected chi connectivity index (χ4v) is 3.12. The van der Waals surface area contributed by atoms with Crippen molar-refractivity contribution in [3.8, 4) is 0 Å². The molecule has 1 aliphatic heterocycles. The third kappa shape index (κ3) is 3.19. The van der Waals surface area contributed by atoms with Gasteiger partial charge < -0.3 is 9.87 Å². The molecule has 0 radical (unpaired) electrons. The van der Waals surface area contributed by atoms with E-state index in [0.717, 1.165) is 11.1 Å². The second kappa shape index (κ2) is 6.37. The highest BCUT2D eigenvalue weighted by Crippen LogP contribution is 2.37. The van der Waals surface area contributed by atoms with Crippen LogP contribution in [0.5, 0.6) is 0 Å². The standard InChI is InChI=1S/C14H22N2O3S/c1-6-11-8-12(9-15-10(3)17)14(4,5)16(20(18)19)13(11)7-2/h6-8H,9H2,1-5H3,(H,15,17)(H,18,19)/p-1/b11-6-,13-7+. The van der Waals surface area contributed by atoms with Crippen LogP contribution in [0.4, 0.5) is 0 Å². The molecule has 0 saturated carbocycles. The van der Waals surface area contributed by atoms with Gasteiger partial charge in [0.15, 0.2) is 0 Å². The molecular weight excluding hydrogens is 276 g/mol.